The van der Waals surface area contributed by atoms with Crippen LogP contribution < -0.4 is 5.32 Å². The van der Waals surface area contributed by atoms with Gasteiger partial charge in [-0.25, -0.2) is 4.98 Å². The molecular weight excluding hydrogens is 370 g/mol. The third-order valence-corrected chi connectivity index (χ3v) is 5.51. The van der Waals surface area contributed by atoms with Gasteiger partial charge in [-0.1, -0.05) is 12.1 Å². The number of nitrogens with zero attached hydrogens (tertiary/aromatic N) is 2. The molecule has 6 heteroatoms. The number of carbonyl (C=O) groups is 2. The van der Waals surface area contributed by atoms with E-state index in [9.17, 15) is 9.59 Å². The zero-order chi connectivity index (χ0) is 19.9. The Hall–Kier alpha value is -2.86. The van der Waals surface area contributed by atoms with Crippen LogP contribution in [0.3, 0.4) is 0 Å². The molecule has 0 aliphatic rings. The lowest BCUT2D eigenvalue weighted by Gasteiger charge is -2.06. The van der Waals surface area contributed by atoms with Gasteiger partial charge in [-0.05, 0) is 43.2 Å². The second kappa shape index (κ2) is 9.37. The average Bonchev–Trinajstić information content (AvgIpc) is 3.18. The molecule has 1 amide bonds. The first-order chi connectivity index (χ1) is 13.5. The largest absolute Gasteiger partial charge is 0.356 e. The van der Waals surface area contributed by atoms with Crippen LogP contribution in [0.1, 0.15) is 40.0 Å². The van der Waals surface area contributed by atoms with E-state index >= 15 is 0 Å². The van der Waals surface area contributed by atoms with Crippen LogP contribution in [-0.2, 0) is 11.2 Å². The van der Waals surface area contributed by atoms with Crippen molar-refractivity contribution in [2.24, 2.45) is 0 Å². The van der Waals surface area contributed by atoms with Crippen LogP contribution in [0.2, 0.25) is 0 Å². The van der Waals surface area contributed by atoms with Crippen molar-refractivity contribution in [2.45, 2.75) is 33.1 Å². The fourth-order valence-corrected chi connectivity index (χ4v) is 3.59. The monoisotopic (exact) mass is 393 g/mol. The van der Waals surface area contributed by atoms with Gasteiger partial charge in [0.05, 0.1) is 5.69 Å². The van der Waals surface area contributed by atoms with Gasteiger partial charge in [-0.2, -0.15) is 0 Å². The number of ketones is 1. The van der Waals surface area contributed by atoms with Gasteiger partial charge in [0.1, 0.15) is 5.01 Å². The SMILES string of the molecule is Cc1ccc(C(=O)CCC(=O)NCCc2csc(-c3cccnc3)n2)cc1C. The van der Waals surface area contributed by atoms with Gasteiger partial charge in [0.2, 0.25) is 5.91 Å². The molecule has 0 saturated carbocycles. The Morgan fingerprint density at radius 2 is 1.96 bits per heavy atom. The highest BCUT2D eigenvalue weighted by molar-refractivity contribution is 7.13. The van der Waals surface area contributed by atoms with Crippen molar-refractivity contribution in [1.29, 1.82) is 0 Å². The van der Waals surface area contributed by atoms with Crippen molar-refractivity contribution < 1.29 is 9.59 Å². The van der Waals surface area contributed by atoms with E-state index in [-0.39, 0.29) is 24.5 Å². The number of rotatable bonds is 8. The Kier molecular flexibility index (Phi) is 6.66. The lowest BCUT2D eigenvalue weighted by Crippen LogP contribution is -2.26. The number of Topliss-reactive ketones (excluding diaryl/α,β-unsaturated/α-hetero) is 1. The highest BCUT2D eigenvalue weighted by atomic mass is 32.1. The molecule has 0 saturated heterocycles. The summed E-state index contributed by atoms with van der Waals surface area (Å²) in [4.78, 5) is 33.0. The van der Waals surface area contributed by atoms with E-state index in [1.807, 2.05) is 49.6 Å². The second-order valence-electron chi connectivity index (χ2n) is 6.71. The molecule has 0 bridgehead atoms. The average molecular weight is 394 g/mol. The number of aryl methyl sites for hydroxylation is 2. The van der Waals surface area contributed by atoms with E-state index in [0.717, 1.165) is 27.4 Å². The van der Waals surface area contributed by atoms with Crippen LogP contribution in [0.5, 0.6) is 0 Å². The summed E-state index contributed by atoms with van der Waals surface area (Å²) in [5, 5.41) is 5.79. The zero-order valence-corrected chi connectivity index (χ0v) is 16.9. The molecule has 3 aromatic rings. The Balaban J connectivity index is 1.42. The maximum absolute atomic E-state index is 12.3. The Labute approximate surface area is 168 Å². The van der Waals surface area contributed by atoms with Gasteiger partial charge < -0.3 is 5.32 Å². The molecular formula is C22H23N3O2S. The second-order valence-corrected chi connectivity index (χ2v) is 7.57. The number of pyridine rings is 1. The summed E-state index contributed by atoms with van der Waals surface area (Å²) in [7, 11) is 0. The highest BCUT2D eigenvalue weighted by Crippen LogP contribution is 2.22. The van der Waals surface area contributed by atoms with Crippen molar-refractivity contribution >= 4 is 23.0 Å². The molecule has 0 radical (unpaired) electrons. The minimum Gasteiger partial charge on any atom is -0.356 e. The lowest BCUT2D eigenvalue weighted by molar-refractivity contribution is -0.121. The number of carbonyl (C=O) groups excluding carboxylic acids is 2. The molecule has 28 heavy (non-hydrogen) atoms. The predicted octanol–water partition coefficient (Wildman–Crippen LogP) is 4.14. The van der Waals surface area contributed by atoms with E-state index in [2.05, 4.69) is 15.3 Å². The molecule has 1 N–H and O–H groups in total. The van der Waals surface area contributed by atoms with Gasteiger partial charge in [0, 0.05) is 54.7 Å². The van der Waals surface area contributed by atoms with Crippen molar-refractivity contribution in [3.05, 3.63) is 70.5 Å². The summed E-state index contributed by atoms with van der Waals surface area (Å²) >= 11 is 1.57. The molecule has 0 atom stereocenters. The van der Waals surface area contributed by atoms with Gasteiger partial charge in [0.25, 0.3) is 0 Å². The van der Waals surface area contributed by atoms with Crippen molar-refractivity contribution in [1.82, 2.24) is 15.3 Å². The Morgan fingerprint density at radius 3 is 2.71 bits per heavy atom. The lowest BCUT2D eigenvalue weighted by atomic mass is 10.0. The molecule has 144 valence electrons. The van der Waals surface area contributed by atoms with Gasteiger partial charge in [0.15, 0.2) is 5.78 Å². The molecule has 3 rings (SSSR count). The third-order valence-electron chi connectivity index (χ3n) is 4.57. The summed E-state index contributed by atoms with van der Waals surface area (Å²) in [6.45, 7) is 4.50. The topological polar surface area (TPSA) is 72.0 Å². The summed E-state index contributed by atoms with van der Waals surface area (Å²) in [6.07, 6.45) is 4.60. The van der Waals surface area contributed by atoms with E-state index in [1.54, 1.807) is 23.7 Å². The summed E-state index contributed by atoms with van der Waals surface area (Å²) in [5.41, 5.74) is 4.84. The van der Waals surface area contributed by atoms with E-state index in [4.69, 9.17) is 0 Å². The van der Waals surface area contributed by atoms with Gasteiger partial charge in [-0.3, -0.25) is 14.6 Å². The Bertz CT molecular complexity index is 967. The molecule has 1 aromatic carbocycles. The van der Waals surface area contributed by atoms with Crippen LogP contribution in [-0.4, -0.2) is 28.2 Å². The predicted molar refractivity (Wildman–Crippen MR) is 112 cm³/mol. The van der Waals surface area contributed by atoms with Crippen molar-refractivity contribution in [2.75, 3.05) is 6.54 Å². The van der Waals surface area contributed by atoms with Crippen molar-refractivity contribution in [3.63, 3.8) is 0 Å². The molecule has 0 spiro atoms. The first kappa shape index (κ1) is 19.9. The first-order valence-electron chi connectivity index (χ1n) is 9.25. The summed E-state index contributed by atoms with van der Waals surface area (Å²) < 4.78 is 0. The third kappa shape index (κ3) is 5.33. The van der Waals surface area contributed by atoms with E-state index in [1.165, 1.54) is 0 Å². The molecule has 2 aromatic heterocycles. The summed E-state index contributed by atoms with van der Waals surface area (Å²) in [6, 6.07) is 9.51. The molecule has 0 aliphatic carbocycles. The minimum atomic E-state index is -0.111. The number of nitrogens with one attached hydrogen (secondary N) is 1. The van der Waals surface area contributed by atoms with Crippen LogP contribution in [0.25, 0.3) is 10.6 Å². The Morgan fingerprint density at radius 1 is 1.11 bits per heavy atom. The molecule has 0 unspecified atom stereocenters. The van der Waals surface area contributed by atoms with Crippen LogP contribution in [0, 0.1) is 13.8 Å². The summed E-state index contributed by atoms with van der Waals surface area (Å²) in [5.74, 6) is -0.112. The van der Waals surface area contributed by atoms with Crippen LogP contribution >= 0.6 is 11.3 Å². The first-order valence-corrected chi connectivity index (χ1v) is 10.1. The molecule has 0 fully saturated rings. The van der Waals surface area contributed by atoms with Crippen molar-refractivity contribution in [3.8, 4) is 10.6 Å². The van der Waals surface area contributed by atoms with Crippen LogP contribution in [0.15, 0.2) is 48.1 Å². The number of hydrogen-bond acceptors (Lipinski definition) is 5. The zero-order valence-electron chi connectivity index (χ0n) is 16.1. The normalized spacial score (nSPS) is 10.6. The maximum atomic E-state index is 12.3. The fourth-order valence-electron chi connectivity index (χ4n) is 2.75. The molecule has 0 aliphatic heterocycles. The van der Waals surface area contributed by atoms with E-state index in [0.29, 0.717) is 18.5 Å². The number of thiazole rings is 1. The smallest absolute Gasteiger partial charge is 0.220 e. The maximum Gasteiger partial charge on any atom is 0.220 e. The number of aromatic nitrogens is 2. The van der Waals surface area contributed by atoms with E-state index < -0.39 is 0 Å². The highest BCUT2D eigenvalue weighted by Gasteiger charge is 2.10. The quantitative estimate of drug-likeness (QED) is 0.584. The number of amides is 1. The van der Waals surface area contributed by atoms with Crippen LogP contribution in [0.4, 0.5) is 0 Å². The molecule has 2 heterocycles. The number of benzene rings is 1. The minimum absolute atomic E-state index is 0.00105. The van der Waals surface area contributed by atoms with Gasteiger partial charge in [-0.15, -0.1) is 11.3 Å². The molecule has 5 nitrogen and oxygen atoms in total. The standard InChI is InChI=1S/C22H23N3O2S/c1-15-5-6-17(12-16(15)2)20(26)7-8-21(27)24-11-9-19-14-28-22(25-19)18-4-3-10-23-13-18/h3-6,10,12-14H,7-9,11H2,1-2H3,(H,24,27). The number of hydrogen-bond donors (Lipinski definition) is 1. The fraction of sp³-hybridized carbons (Fsp3) is 0.273. The van der Waals surface area contributed by atoms with Gasteiger partial charge >= 0.3 is 0 Å².